The highest BCUT2D eigenvalue weighted by atomic mass is 32.2. The molecule has 1 fully saturated rings. The van der Waals surface area contributed by atoms with Crippen LogP contribution >= 0.6 is 0 Å². The lowest BCUT2D eigenvalue weighted by atomic mass is 10.1. The minimum atomic E-state index is -3.43. The lowest BCUT2D eigenvalue weighted by molar-refractivity contribution is 0.0695. The largest absolute Gasteiger partial charge is 0.478 e. The Bertz CT molecular complexity index is 611. The summed E-state index contributed by atoms with van der Waals surface area (Å²) < 4.78 is 25.4. The van der Waals surface area contributed by atoms with Crippen LogP contribution in [-0.2, 0) is 16.3 Å². The predicted octanol–water partition coefficient (Wildman–Crippen LogP) is 3.44. The first kappa shape index (κ1) is 16.0. The third kappa shape index (κ3) is 3.46. The van der Waals surface area contributed by atoms with E-state index >= 15 is 0 Å². The molecule has 0 radical (unpaired) electrons. The Morgan fingerprint density at radius 3 is 2.33 bits per heavy atom. The first-order valence-electron chi connectivity index (χ1n) is 7.57. The Hall–Kier alpha value is -1.36. The summed E-state index contributed by atoms with van der Waals surface area (Å²) in [4.78, 5) is 11.5. The van der Waals surface area contributed by atoms with Gasteiger partial charge in [0.25, 0.3) is 0 Å². The molecule has 1 aliphatic rings. The maximum Gasteiger partial charge on any atom is 0.336 e. The molecule has 0 amide bonds. The number of hydrogen-bond acceptors (Lipinski definition) is 3. The van der Waals surface area contributed by atoms with Gasteiger partial charge in [0.15, 0.2) is 9.84 Å². The molecule has 0 heterocycles. The summed E-state index contributed by atoms with van der Waals surface area (Å²) in [5, 5.41) is 8.88. The van der Waals surface area contributed by atoms with Crippen LogP contribution in [0.2, 0.25) is 0 Å². The minimum Gasteiger partial charge on any atom is -0.478 e. The van der Waals surface area contributed by atoms with Gasteiger partial charge in [-0.1, -0.05) is 38.7 Å². The van der Waals surface area contributed by atoms with Crippen LogP contribution in [0.15, 0.2) is 23.1 Å². The molecule has 1 saturated carbocycles. The van der Waals surface area contributed by atoms with Gasteiger partial charge in [-0.05, 0) is 37.0 Å². The second kappa shape index (κ2) is 6.60. The van der Waals surface area contributed by atoms with Crippen molar-refractivity contribution in [3.63, 3.8) is 0 Å². The number of benzene rings is 1. The molecule has 4 nitrogen and oxygen atoms in total. The van der Waals surface area contributed by atoms with Crippen LogP contribution in [0.3, 0.4) is 0 Å². The van der Waals surface area contributed by atoms with Crippen molar-refractivity contribution in [2.75, 3.05) is 0 Å². The number of aromatic carboxylic acids is 1. The van der Waals surface area contributed by atoms with Crippen molar-refractivity contribution in [2.45, 2.75) is 62.0 Å². The Labute approximate surface area is 126 Å². The van der Waals surface area contributed by atoms with E-state index in [1.54, 1.807) is 12.1 Å². The van der Waals surface area contributed by atoms with Crippen molar-refractivity contribution in [1.29, 1.82) is 0 Å². The molecule has 1 aromatic carbocycles. The van der Waals surface area contributed by atoms with Gasteiger partial charge < -0.3 is 5.11 Å². The van der Waals surface area contributed by atoms with Gasteiger partial charge in [0.2, 0.25) is 0 Å². The number of carboxylic acid groups (broad SMARTS) is 1. The second-order valence-corrected chi connectivity index (χ2v) is 7.86. The van der Waals surface area contributed by atoms with Crippen LogP contribution in [0.4, 0.5) is 0 Å². The van der Waals surface area contributed by atoms with Gasteiger partial charge in [0, 0.05) is 0 Å². The molecule has 116 valence electrons. The molecule has 5 heteroatoms. The monoisotopic (exact) mass is 310 g/mol. The van der Waals surface area contributed by atoms with E-state index in [1.807, 2.05) is 6.92 Å². The third-order valence-electron chi connectivity index (χ3n) is 4.26. The fourth-order valence-electron chi connectivity index (χ4n) is 2.98. The molecule has 0 aromatic heterocycles. The number of sulfone groups is 1. The van der Waals surface area contributed by atoms with E-state index in [0.717, 1.165) is 25.7 Å². The lowest BCUT2D eigenvalue weighted by Crippen LogP contribution is -2.21. The Morgan fingerprint density at radius 1 is 1.19 bits per heavy atom. The summed E-state index contributed by atoms with van der Waals surface area (Å²) in [6, 6.07) is 4.53. The maximum atomic E-state index is 12.7. The van der Waals surface area contributed by atoms with Crippen molar-refractivity contribution in [2.24, 2.45) is 0 Å². The van der Waals surface area contributed by atoms with Gasteiger partial charge in [-0.2, -0.15) is 0 Å². The quantitative estimate of drug-likeness (QED) is 0.865. The van der Waals surface area contributed by atoms with Crippen molar-refractivity contribution in [3.8, 4) is 0 Å². The zero-order valence-corrected chi connectivity index (χ0v) is 13.2. The van der Waals surface area contributed by atoms with Gasteiger partial charge in [0.05, 0.1) is 15.7 Å². The highest BCUT2D eigenvalue weighted by Crippen LogP contribution is 2.29. The molecule has 21 heavy (non-hydrogen) atoms. The van der Waals surface area contributed by atoms with Crippen molar-refractivity contribution >= 4 is 15.8 Å². The number of carboxylic acids is 1. The zero-order valence-electron chi connectivity index (χ0n) is 12.3. The molecule has 2 rings (SSSR count). The second-order valence-electron chi connectivity index (χ2n) is 5.64. The van der Waals surface area contributed by atoms with Gasteiger partial charge >= 0.3 is 5.97 Å². The molecule has 0 unspecified atom stereocenters. The molecular weight excluding hydrogens is 288 g/mol. The van der Waals surface area contributed by atoms with E-state index in [9.17, 15) is 18.3 Å². The fourth-order valence-corrected chi connectivity index (χ4v) is 4.86. The number of aryl methyl sites for hydroxylation is 1. The normalized spacial score (nSPS) is 17.4. The average Bonchev–Trinajstić information content (AvgIpc) is 2.76. The first-order valence-corrected chi connectivity index (χ1v) is 9.11. The zero-order chi connectivity index (χ0) is 15.5. The summed E-state index contributed by atoms with van der Waals surface area (Å²) >= 11 is 0. The first-order chi connectivity index (χ1) is 9.96. The van der Waals surface area contributed by atoms with E-state index in [2.05, 4.69) is 0 Å². The van der Waals surface area contributed by atoms with E-state index in [-0.39, 0.29) is 15.7 Å². The minimum absolute atomic E-state index is 0.104. The summed E-state index contributed by atoms with van der Waals surface area (Å²) in [7, 11) is -3.43. The van der Waals surface area contributed by atoms with Crippen molar-refractivity contribution in [1.82, 2.24) is 0 Å². The SMILES string of the molecule is CCc1ccc(S(=O)(=O)C2CCCCCC2)cc1C(=O)O. The molecule has 1 N–H and O–H groups in total. The molecule has 1 aliphatic carbocycles. The topological polar surface area (TPSA) is 71.4 Å². The molecule has 0 atom stereocenters. The smallest absolute Gasteiger partial charge is 0.336 e. The Balaban J connectivity index is 2.39. The molecular formula is C16H22O4S. The molecule has 0 bridgehead atoms. The lowest BCUT2D eigenvalue weighted by Gasteiger charge is -2.16. The van der Waals surface area contributed by atoms with Crippen molar-refractivity contribution in [3.05, 3.63) is 29.3 Å². The van der Waals surface area contributed by atoms with Crippen LogP contribution in [0.25, 0.3) is 0 Å². The molecule has 0 aliphatic heterocycles. The molecule has 1 aromatic rings. The van der Waals surface area contributed by atoms with Crippen LogP contribution in [0.5, 0.6) is 0 Å². The molecule has 0 saturated heterocycles. The summed E-state index contributed by atoms with van der Waals surface area (Å²) in [5.74, 6) is -1.07. The highest BCUT2D eigenvalue weighted by Gasteiger charge is 2.29. The van der Waals surface area contributed by atoms with Crippen molar-refractivity contribution < 1.29 is 18.3 Å². The fraction of sp³-hybridized carbons (Fsp3) is 0.562. The summed E-state index contributed by atoms with van der Waals surface area (Å²) in [5.41, 5.74) is 0.773. The van der Waals surface area contributed by atoms with E-state index in [4.69, 9.17) is 0 Å². The Morgan fingerprint density at radius 2 is 1.81 bits per heavy atom. The van der Waals surface area contributed by atoms with E-state index in [0.29, 0.717) is 24.8 Å². The van der Waals surface area contributed by atoms with E-state index in [1.165, 1.54) is 6.07 Å². The average molecular weight is 310 g/mol. The third-order valence-corrected chi connectivity index (χ3v) is 6.52. The summed E-state index contributed by atoms with van der Waals surface area (Å²) in [6.07, 6.45) is 5.97. The number of hydrogen-bond donors (Lipinski definition) is 1. The van der Waals surface area contributed by atoms with Crippen LogP contribution in [0.1, 0.15) is 61.4 Å². The van der Waals surface area contributed by atoms with Gasteiger partial charge in [-0.25, -0.2) is 13.2 Å². The standard InChI is InChI=1S/C16H22O4S/c1-2-12-9-10-14(11-15(12)16(17)18)21(19,20)13-7-5-3-4-6-8-13/h9-11,13H,2-8H2,1H3,(H,17,18). The van der Waals surface area contributed by atoms with Crippen LogP contribution in [-0.4, -0.2) is 24.7 Å². The van der Waals surface area contributed by atoms with E-state index < -0.39 is 15.8 Å². The van der Waals surface area contributed by atoms with Crippen LogP contribution in [0, 0.1) is 0 Å². The molecule has 0 spiro atoms. The summed E-state index contributed by atoms with van der Waals surface area (Å²) in [6.45, 7) is 1.86. The Kier molecular flexibility index (Phi) is 5.04. The maximum absolute atomic E-state index is 12.7. The predicted molar refractivity (Wildman–Crippen MR) is 81.5 cm³/mol. The number of carbonyl (C=O) groups is 1. The highest BCUT2D eigenvalue weighted by molar-refractivity contribution is 7.92. The van der Waals surface area contributed by atoms with Crippen LogP contribution < -0.4 is 0 Å². The van der Waals surface area contributed by atoms with Gasteiger partial charge in [-0.15, -0.1) is 0 Å². The van der Waals surface area contributed by atoms with Gasteiger partial charge in [0.1, 0.15) is 0 Å². The van der Waals surface area contributed by atoms with Gasteiger partial charge in [-0.3, -0.25) is 0 Å². The number of rotatable bonds is 4.